The Kier molecular flexibility index (Phi) is 4.93. The second-order valence-electron chi connectivity index (χ2n) is 4.41. The van der Waals surface area contributed by atoms with Crippen molar-refractivity contribution in [1.29, 1.82) is 0 Å². The van der Waals surface area contributed by atoms with Crippen molar-refractivity contribution in [1.82, 2.24) is 10.3 Å². The Morgan fingerprint density at radius 2 is 2.15 bits per heavy atom. The number of halogens is 2. The van der Waals surface area contributed by atoms with Gasteiger partial charge in [0.2, 0.25) is 0 Å². The first-order valence-corrected chi connectivity index (χ1v) is 6.77. The van der Waals surface area contributed by atoms with Gasteiger partial charge in [-0.15, -0.1) is 0 Å². The molecule has 0 aliphatic rings. The second kappa shape index (κ2) is 6.68. The maximum Gasteiger partial charge on any atom is 0.256 e. The Labute approximate surface area is 122 Å². The molecule has 0 aliphatic carbocycles. The van der Waals surface area contributed by atoms with E-state index in [0.29, 0.717) is 22.9 Å². The molecule has 1 aromatic carbocycles. The predicted molar refractivity (Wildman–Crippen MR) is 77.8 cm³/mol. The van der Waals surface area contributed by atoms with Gasteiger partial charge >= 0.3 is 0 Å². The molecule has 1 N–H and O–H groups in total. The highest BCUT2D eigenvalue weighted by Crippen LogP contribution is 2.31. The lowest BCUT2D eigenvalue weighted by Gasteiger charge is -2.10. The molecule has 0 amide bonds. The van der Waals surface area contributed by atoms with Crippen LogP contribution in [0.5, 0.6) is 11.6 Å². The van der Waals surface area contributed by atoms with Gasteiger partial charge in [0.1, 0.15) is 5.75 Å². The minimum absolute atomic E-state index is 0.0621. The van der Waals surface area contributed by atoms with E-state index in [0.717, 1.165) is 12.1 Å². The van der Waals surface area contributed by atoms with Gasteiger partial charge in [-0.25, -0.2) is 9.37 Å². The molecule has 3 nitrogen and oxygen atoms in total. The van der Waals surface area contributed by atoms with Crippen LogP contribution >= 0.6 is 11.6 Å². The minimum Gasteiger partial charge on any atom is -0.435 e. The van der Waals surface area contributed by atoms with Crippen molar-refractivity contribution in [2.75, 3.05) is 6.54 Å². The highest BCUT2D eigenvalue weighted by Gasteiger charge is 2.13. The van der Waals surface area contributed by atoms with E-state index >= 15 is 0 Å². The van der Waals surface area contributed by atoms with Gasteiger partial charge < -0.3 is 10.1 Å². The van der Waals surface area contributed by atoms with Crippen molar-refractivity contribution in [3.05, 3.63) is 52.4 Å². The molecule has 1 aromatic heterocycles. The highest BCUT2D eigenvalue weighted by molar-refractivity contribution is 6.32. The zero-order valence-corrected chi connectivity index (χ0v) is 12.2. The average Bonchev–Trinajstić information content (AvgIpc) is 2.44. The average molecular weight is 295 g/mol. The molecule has 106 valence electrons. The lowest BCUT2D eigenvalue weighted by molar-refractivity contribution is 0.417. The third-order valence-electron chi connectivity index (χ3n) is 2.80. The minimum atomic E-state index is -0.467. The SMILES string of the molecule is CCNCc1ccnc(Oc2cc(C)ccc2Cl)c1F. The van der Waals surface area contributed by atoms with Gasteiger partial charge in [-0.3, -0.25) is 0 Å². The van der Waals surface area contributed by atoms with Crippen LogP contribution in [0.25, 0.3) is 0 Å². The molecule has 0 aliphatic heterocycles. The lowest BCUT2D eigenvalue weighted by Crippen LogP contribution is -2.13. The summed E-state index contributed by atoms with van der Waals surface area (Å²) < 4.78 is 19.7. The fraction of sp³-hybridized carbons (Fsp3) is 0.267. The smallest absolute Gasteiger partial charge is 0.256 e. The molecule has 0 saturated carbocycles. The number of benzene rings is 1. The maximum atomic E-state index is 14.2. The Hall–Kier alpha value is -1.65. The van der Waals surface area contributed by atoms with Crippen molar-refractivity contribution >= 4 is 11.6 Å². The molecule has 0 radical (unpaired) electrons. The summed E-state index contributed by atoms with van der Waals surface area (Å²) in [6.07, 6.45) is 1.52. The molecule has 0 saturated heterocycles. The molecule has 5 heteroatoms. The number of nitrogens with one attached hydrogen (secondary N) is 1. The topological polar surface area (TPSA) is 34.2 Å². The van der Waals surface area contributed by atoms with E-state index in [-0.39, 0.29) is 5.88 Å². The summed E-state index contributed by atoms with van der Waals surface area (Å²) in [5.74, 6) is -0.127. The first-order valence-electron chi connectivity index (χ1n) is 6.40. The number of nitrogens with zero attached hydrogens (tertiary/aromatic N) is 1. The van der Waals surface area contributed by atoms with E-state index in [9.17, 15) is 4.39 Å². The van der Waals surface area contributed by atoms with Crippen LogP contribution in [0, 0.1) is 12.7 Å². The summed E-state index contributed by atoms with van der Waals surface area (Å²) in [6.45, 7) is 5.07. The first kappa shape index (κ1) is 14.8. The van der Waals surface area contributed by atoms with Crippen LogP contribution in [0.1, 0.15) is 18.1 Å². The van der Waals surface area contributed by atoms with E-state index in [1.807, 2.05) is 19.9 Å². The molecule has 1 heterocycles. The first-order chi connectivity index (χ1) is 9.61. The maximum absolute atomic E-state index is 14.2. The van der Waals surface area contributed by atoms with Gasteiger partial charge in [0, 0.05) is 18.3 Å². The summed E-state index contributed by atoms with van der Waals surface area (Å²) in [4.78, 5) is 3.93. The third kappa shape index (κ3) is 3.46. The number of pyridine rings is 1. The summed E-state index contributed by atoms with van der Waals surface area (Å²) in [6, 6.07) is 6.95. The van der Waals surface area contributed by atoms with Crippen LogP contribution in [0.15, 0.2) is 30.5 Å². The molecule has 0 atom stereocenters. The Bertz CT molecular complexity index is 604. The molecule has 20 heavy (non-hydrogen) atoms. The predicted octanol–water partition coefficient (Wildman–Crippen LogP) is 4.08. The number of aromatic nitrogens is 1. The largest absolute Gasteiger partial charge is 0.435 e. The molecule has 0 spiro atoms. The van der Waals surface area contributed by atoms with Crippen LogP contribution in [-0.2, 0) is 6.54 Å². The molecule has 0 bridgehead atoms. The summed E-state index contributed by atoms with van der Waals surface area (Å²) in [5.41, 5.74) is 1.49. The standard InChI is InChI=1S/C15H16ClFN2O/c1-3-18-9-11-6-7-19-15(14(11)17)20-13-8-10(2)4-5-12(13)16/h4-8,18H,3,9H2,1-2H3. The van der Waals surface area contributed by atoms with Gasteiger partial charge in [-0.05, 0) is 37.2 Å². The number of ether oxygens (including phenoxy) is 1. The molecule has 2 rings (SSSR count). The highest BCUT2D eigenvalue weighted by atomic mass is 35.5. The normalized spacial score (nSPS) is 10.6. The number of rotatable bonds is 5. The molecular formula is C15H16ClFN2O. The van der Waals surface area contributed by atoms with Crippen LogP contribution in [0.2, 0.25) is 5.02 Å². The Morgan fingerprint density at radius 1 is 1.35 bits per heavy atom. The summed E-state index contributed by atoms with van der Waals surface area (Å²) >= 11 is 6.03. The van der Waals surface area contributed by atoms with Gasteiger partial charge in [0.25, 0.3) is 5.88 Å². The van der Waals surface area contributed by atoms with Crippen molar-refractivity contribution in [3.63, 3.8) is 0 Å². The van der Waals surface area contributed by atoms with E-state index in [4.69, 9.17) is 16.3 Å². The third-order valence-corrected chi connectivity index (χ3v) is 3.11. The van der Waals surface area contributed by atoms with E-state index in [1.54, 1.807) is 18.2 Å². The number of hydrogen-bond donors (Lipinski definition) is 1. The van der Waals surface area contributed by atoms with Crippen molar-refractivity contribution in [2.45, 2.75) is 20.4 Å². The van der Waals surface area contributed by atoms with Crippen molar-refractivity contribution < 1.29 is 9.13 Å². The Balaban J connectivity index is 2.27. The monoisotopic (exact) mass is 294 g/mol. The Morgan fingerprint density at radius 3 is 2.90 bits per heavy atom. The zero-order chi connectivity index (χ0) is 14.5. The fourth-order valence-electron chi connectivity index (χ4n) is 1.72. The van der Waals surface area contributed by atoms with Crippen LogP contribution in [0.3, 0.4) is 0 Å². The molecular weight excluding hydrogens is 279 g/mol. The summed E-state index contributed by atoms with van der Waals surface area (Å²) in [5, 5.41) is 3.49. The van der Waals surface area contributed by atoms with Crippen molar-refractivity contribution in [3.8, 4) is 11.6 Å². The fourth-order valence-corrected chi connectivity index (χ4v) is 1.88. The van der Waals surface area contributed by atoms with Gasteiger partial charge in [-0.2, -0.15) is 0 Å². The molecule has 2 aromatic rings. The second-order valence-corrected chi connectivity index (χ2v) is 4.81. The zero-order valence-electron chi connectivity index (χ0n) is 11.4. The van der Waals surface area contributed by atoms with Gasteiger partial charge in [0.15, 0.2) is 5.82 Å². The quantitative estimate of drug-likeness (QED) is 0.902. The lowest BCUT2D eigenvalue weighted by atomic mass is 10.2. The van der Waals surface area contributed by atoms with Crippen LogP contribution < -0.4 is 10.1 Å². The molecule has 0 fully saturated rings. The van der Waals surface area contributed by atoms with E-state index in [1.165, 1.54) is 6.20 Å². The van der Waals surface area contributed by atoms with Crippen LogP contribution in [0.4, 0.5) is 4.39 Å². The number of aryl methyl sites for hydroxylation is 1. The molecule has 0 unspecified atom stereocenters. The van der Waals surface area contributed by atoms with Gasteiger partial charge in [0.05, 0.1) is 5.02 Å². The number of hydrogen-bond acceptors (Lipinski definition) is 3. The summed E-state index contributed by atoms with van der Waals surface area (Å²) in [7, 11) is 0. The van der Waals surface area contributed by atoms with Crippen LogP contribution in [-0.4, -0.2) is 11.5 Å². The van der Waals surface area contributed by atoms with E-state index < -0.39 is 5.82 Å². The van der Waals surface area contributed by atoms with Gasteiger partial charge in [-0.1, -0.05) is 24.6 Å². The van der Waals surface area contributed by atoms with Crippen molar-refractivity contribution in [2.24, 2.45) is 0 Å². The van der Waals surface area contributed by atoms with E-state index in [2.05, 4.69) is 10.3 Å².